The number of quaternary nitrogens is 2. The smallest absolute Gasteiger partial charge is 0.157 e. The molecule has 0 spiro atoms. The normalized spacial score (nSPS) is 31.5. The highest BCUT2D eigenvalue weighted by molar-refractivity contribution is 4.95. The topological polar surface area (TPSA) is 22.0 Å². The molecule has 0 radical (unpaired) electrons. The maximum atomic E-state index is 5.45. The summed E-state index contributed by atoms with van der Waals surface area (Å²) in [6, 6.07) is 4.09. The third kappa shape index (κ3) is 3.71. The van der Waals surface area contributed by atoms with Crippen molar-refractivity contribution in [3.05, 3.63) is 36.3 Å². The van der Waals surface area contributed by atoms with Crippen LogP contribution in [0.5, 0.6) is 0 Å². The van der Waals surface area contributed by atoms with Crippen LogP contribution in [0.25, 0.3) is 0 Å². The first kappa shape index (κ1) is 12.9. The second kappa shape index (κ2) is 6.40. The third-order valence-electron chi connectivity index (χ3n) is 4.62. The van der Waals surface area contributed by atoms with Crippen LogP contribution in [-0.4, -0.2) is 32.7 Å². The lowest BCUT2D eigenvalue weighted by molar-refractivity contribution is -1.02. The van der Waals surface area contributed by atoms with Gasteiger partial charge in [0, 0.05) is 5.92 Å². The lowest BCUT2D eigenvalue weighted by atomic mass is 9.94. The third-order valence-corrected chi connectivity index (χ3v) is 4.62. The first-order valence-corrected chi connectivity index (χ1v) is 7.74. The SMILES string of the molecule is C1=CC[C@H](C[NH+]2CC[NH+](Cc3ccco3)CC2)CC1. The zero-order valence-electron chi connectivity index (χ0n) is 11.7. The number of hydrogen-bond acceptors (Lipinski definition) is 1. The lowest BCUT2D eigenvalue weighted by Crippen LogP contribution is -3.27. The Labute approximate surface area is 115 Å². The molecule has 2 heterocycles. The van der Waals surface area contributed by atoms with Gasteiger partial charge in [-0.1, -0.05) is 12.2 Å². The van der Waals surface area contributed by atoms with E-state index in [9.17, 15) is 0 Å². The molecule has 0 unspecified atom stereocenters. The number of piperazine rings is 1. The maximum absolute atomic E-state index is 5.45. The zero-order valence-corrected chi connectivity index (χ0v) is 11.7. The number of hydrogen-bond donors (Lipinski definition) is 2. The second-order valence-electron chi connectivity index (χ2n) is 6.11. The molecule has 19 heavy (non-hydrogen) atoms. The highest BCUT2D eigenvalue weighted by Gasteiger charge is 2.26. The van der Waals surface area contributed by atoms with Crippen molar-refractivity contribution in [1.29, 1.82) is 0 Å². The summed E-state index contributed by atoms with van der Waals surface area (Å²) in [7, 11) is 0. The molecule has 0 bridgehead atoms. The molecule has 1 atom stereocenters. The van der Waals surface area contributed by atoms with Crippen molar-refractivity contribution in [3.8, 4) is 0 Å². The number of furan rings is 1. The summed E-state index contributed by atoms with van der Waals surface area (Å²) in [5.41, 5.74) is 0. The van der Waals surface area contributed by atoms with E-state index in [0.29, 0.717) is 0 Å². The molecule has 1 aromatic rings. The van der Waals surface area contributed by atoms with Crippen LogP contribution in [0.4, 0.5) is 0 Å². The van der Waals surface area contributed by atoms with E-state index in [1.165, 1.54) is 52.0 Å². The predicted octanol–water partition coefficient (Wildman–Crippen LogP) is -0.0807. The number of rotatable bonds is 4. The van der Waals surface area contributed by atoms with Gasteiger partial charge in [0.25, 0.3) is 0 Å². The van der Waals surface area contributed by atoms with Gasteiger partial charge in [0.1, 0.15) is 32.7 Å². The minimum Gasteiger partial charge on any atom is -0.463 e. The first-order valence-electron chi connectivity index (χ1n) is 7.74. The summed E-state index contributed by atoms with van der Waals surface area (Å²) in [5.74, 6) is 2.07. The van der Waals surface area contributed by atoms with Crippen LogP contribution in [0.15, 0.2) is 35.0 Å². The van der Waals surface area contributed by atoms with E-state index >= 15 is 0 Å². The summed E-state index contributed by atoms with van der Waals surface area (Å²) >= 11 is 0. The highest BCUT2D eigenvalue weighted by Crippen LogP contribution is 2.15. The average molecular weight is 262 g/mol. The summed E-state index contributed by atoms with van der Waals surface area (Å²) in [5, 5.41) is 0. The molecule has 0 amide bonds. The van der Waals surface area contributed by atoms with E-state index < -0.39 is 0 Å². The van der Waals surface area contributed by atoms with E-state index in [1.54, 1.807) is 11.2 Å². The van der Waals surface area contributed by atoms with Crippen LogP contribution in [-0.2, 0) is 6.54 Å². The highest BCUT2D eigenvalue weighted by atomic mass is 16.3. The van der Waals surface area contributed by atoms with E-state index in [0.717, 1.165) is 18.2 Å². The quantitative estimate of drug-likeness (QED) is 0.728. The van der Waals surface area contributed by atoms with Gasteiger partial charge in [-0.25, -0.2) is 0 Å². The Bertz CT molecular complexity index is 391. The molecular formula is C16H26N2O+2. The fraction of sp³-hybridized carbons (Fsp3) is 0.625. The Hall–Kier alpha value is -1.06. The largest absolute Gasteiger partial charge is 0.463 e. The predicted molar refractivity (Wildman–Crippen MR) is 75.2 cm³/mol. The van der Waals surface area contributed by atoms with Crippen LogP contribution in [0.3, 0.4) is 0 Å². The molecule has 0 aromatic carbocycles. The molecule has 3 nitrogen and oxygen atoms in total. The van der Waals surface area contributed by atoms with E-state index in [-0.39, 0.29) is 0 Å². The Kier molecular flexibility index (Phi) is 4.36. The molecule has 2 aliphatic rings. The Morgan fingerprint density at radius 3 is 2.63 bits per heavy atom. The molecule has 3 heteroatoms. The van der Waals surface area contributed by atoms with Gasteiger partial charge in [0.2, 0.25) is 0 Å². The monoisotopic (exact) mass is 262 g/mol. The van der Waals surface area contributed by atoms with Crippen molar-refractivity contribution in [1.82, 2.24) is 0 Å². The number of allylic oxidation sites excluding steroid dienone is 2. The van der Waals surface area contributed by atoms with E-state index in [1.807, 2.05) is 11.0 Å². The Morgan fingerprint density at radius 1 is 1.11 bits per heavy atom. The minimum atomic E-state index is 0.937. The molecule has 104 valence electrons. The summed E-state index contributed by atoms with van der Waals surface area (Å²) in [4.78, 5) is 3.51. The summed E-state index contributed by atoms with van der Waals surface area (Å²) < 4.78 is 5.45. The number of nitrogens with one attached hydrogen (secondary N) is 2. The van der Waals surface area contributed by atoms with Gasteiger partial charge < -0.3 is 14.2 Å². The Morgan fingerprint density at radius 2 is 1.95 bits per heavy atom. The Balaban J connectivity index is 1.40. The van der Waals surface area contributed by atoms with Crippen LogP contribution >= 0.6 is 0 Å². The van der Waals surface area contributed by atoms with Crippen molar-refractivity contribution in [2.24, 2.45) is 5.92 Å². The standard InChI is InChI=1S/C16H24N2O/c1-2-5-15(6-3-1)13-17-8-10-18(11-9-17)14-16-7-4-12-19-16/h1-2,4,7,12,15H,3,5-6,8-11,13-14H2/p+2/t15-/m0/s1. The molecule has 1 aliphatic heterocycles. The van der Waals surface area contributed by atoms with Crippen molar-refractivity contribution in [3.63, 3.8) is 0 Å². The van der Waals surface area contributed by atoms with Crippen LogP contribution in [0, 0.1) is 5.92 Å². The van der Waals surface area contributed by atoms with Crippen LogP contribution in [0.1, 0.15) is 25.0 Å². The van der Waals surface area contributed by atoms with Gasteiger partial charge in [-0.05, 0) is 31.4 Å². The summed E-state index contributed by atoms with van der Waals surface area (Å²) in [6.07, 6.45) is 10.5. The van der Waals surface area contributed by atoms with Gasteiger partial charge in [-0.2, -0.15) is 0 Å². The second-order valence-corrected chi connectivity index (χ2v) is 6.11. The van der Waals surface area contributed by atoms with Crippen molar-refractivity contribution in [2.75, 3.05) is 32.7 Å². The molecule has 1 aliphatic carbocycles. The molecular weight excluding hydrogens is 236 g/mol. The molecule has 3 rings (SSSR count). The minimum absolute atomic E-state index is 0.937. The van der Waals surface area contributed by atoms with Crippen LogP contribution in [0.2, 0.25) is 0 Å². The van der Waals surface area contributed by atoms with Gasteiger partial charge in [-0.3, -0.25) is 0 Å². The molecule has 1 aromatic heterocycles. The van der Waals surface area contributed by atoms with Gasteiger partial charge in [0.05, 0.1) is 12.8 Å². The van der Waals surface area contributed by atoms with Gasteiger partial charge >= 0.3 is 0 Å². The maximum Gasteiger partial charge on any atom is 0.157 e. The molecule has 1 saturated heterocycles. The van der Waals surface area contributed by atoms with Crippen LogP contribution < -0.4 is 9.80 Å². The molecule has 0 saturated carbocycles. The van der Waals surface area contributed by atoms with E-state index in [2.05, 4.69) is 18.2 Å². The van der Waals surface area contributed by atoms with E-state index in [4.69, 9.17) is 4.42 Å². The lowest BCUT2D eigenvalue weighted by Gasteiger charge is -2.31. The van der Waals surface area contributed by atoms with Crippen molar-refractivity contribution >= 4 is 0 Å². The summed E-state index contributed by atoms with van der Waals surface area (Å²) in [6.45, 7) is 7.69. The fourth-order valence-electron chi connectivity index (χ4n) is 3.45. The molecule has 1 fully saturated rings. The van der Waals surface area contributed by atoms with Gasteiger partial charge in [-0.15, -0.1) is 0 Å². The first-order chi connectivity index (χ1) is 9.40. The van der Waals surface area contributed by atoms with Gasteiger partial charge in [0.15, 0.2) is 5.76 Å². The van der Waals surface area contributed by atoms with Crippen molar-refractivity contribution in [2.45, 2.75) is 25.8 Å². The zero-order chi connectivity index (χ0) is 12.9. The molecule has 2 N–H and O–H groups in total. The fourth-order valence-corrected chi connectivity index (χ4v) is 3.45. The van der Waals surface area contributed by atoms with Crippen molar-refractivity contribution < 1.29 is 14.2 Å². The average Bonchev–Trinajstić information content (AvgIpc) is 2.95.